The molecule has 0 aliphatic heterocycles. The van der Waals surface area contributed by atoms with Gasteiger partial charge in [-0.15, -0.1) is 26.5 Å². The van der Waals surface area contributed by atoms with Gasteiger partial charge >= 0.3 is 17.1 Å². The summed E-state index contributed by atoms with van der Waals surface area (Å²) in [5, 5.41) is 3.33. The Bertz CT molecular complexity index is 670. The molecule has 0 saturated carbocycles. The molecule has 2 aromatic carbocycles. The Balaban J connectivity index is 0.000000842. The van der Waals surface area contributed by atoms with Crippen LogP contribution in [-0.4, -0.2) is 24.6 Å². The zero-order valence-electron chi connectivity index (χ0n) is 30.7. The molecule has 45 heavy (non-hydrogen) atoms. The number of hydrogen-bond donors (Lipinski definition) is 0. The number of unbranched alkanes of at least 4 members (excludes halogenated alkanes) is 20. The van der Waals surface area contributed by atoms with Crippen LogP contribution in [0.15, 0.2) is 48.5 Å². The van der Waals surface area contributed by atoms with Gasteiger partial charge in [0.2, 0.25) is 0 Å². The van der Waals surface area contributed by atoms with Crippen LogP contribution in [0, 0.1) is 0 Å². The SMILES string of the molecule is CCCCCCCCP(CCCCCCCC)c1ccc[cH-]1.CCCCCCCCP(CCCCCCCC)c1ccc[cH-]1.[Fe+2]. The van der Waals surface area contributed by atoms with Gasteiger partial charge in [-0.05, 0) is 50.3 Å². The van der Waals surface area contributed by atoms with Crippen LogP contribution in [0.5, 0.6) is 0 Å². The van der Waals surface area contributed by atoms with E-state index in [4.69, 9.17) is 0 Å². The molecule has 0 saturated heterocycles. The first-order valence-corrected chi connectivity index (χ1v) is 23.1. The third-order valence-electron chi connectivity index (χ3n) is 9.15. The topological polar surface area (TPSA) is 0 Å². The molecule has 2 aromatic rings. The first-order chi connectivity index (χ1) is 21.8. The summed E-state index contributed by atoms with van der Waals surface area (Å²) in [5.74, 6) is 0. The maximum Gasteiger partial charge on any atom is 2.00 e. The molecule has 0 aromatic heterocycles. The third kappa shape index (κ3) is 26.7. The van der Waals surface area contributed by atoms with Gasteiger partial charge in [-0.25, -0.2) is 24.3 Å². The van der Waals surface area contributed by atoms with E-state index in [0.717, 1.165) is 0 Å². The molecule has 0 atom stereocenters. The standard InChI is InChI=1S/2C21H38P.Fe/c2*1-3-5-7-9-11-15-19-22(21-17-13-14-18-21)20-16-12-10-8-6-4-2;/h2*13-14,17-18H,3-12,15-16,19-20H2,1-2H3;/q2*-1;+2. The van der Waals surface area contributed by atoms with E-state index in [-0.39, 0.29) is 32.9 Å². The molecule has 0 N–H and O–H groups in total. The summed E-state index contributed by atoms with van der Waals surface area (Å²) in [4.78, 5) is 0. The monoisotopic (exact) mass is 698 g/mol. The minimum absolute atomic E-state index is 0. The van der Waals surface area contributed by atoms with Crippen LogP contribution in [0.1, 0.15) is 182 Å². The van der Waals surface area contributed by atoms with Crippen molar-refractivity contribution in [2.75, 3.05) is 24.6 Å². The van der Waals surface area contributed by atoms with Crippen molar-refractivity contribution in [2.45, 2.75) is 182 Å². The Morgan fingerprint density at radius 2 is 0.622 bits per heavy atom. The molecule has 0 heterocycles. The predicted octanol–water partition coefficient (Wildman–Crippen LogP) is 14.5. The first-order valence-electron chi connectivity index (χ1n) is 19.7. The van der Waals surface area contributed by atoms with Crippen molar-refractivity contribution in [3.05, 3.63) is 48.5 Å². The fourth-order valence-corrected chi connectivity index (χ4v) is 11.3. The molecule has 0 unspecified atom stereocenters. The Morgan fingerprint density at radius 1 is 0.378 bits per heavy atom. The minimum atomic E-state index is 0. The zero-order chi connectivity index (χ0) is 31.8. The molecule has 0 fully saturated rings. The van der Waals surface area contributed by atoms with Gasteiger partial charge in [-0.2, -0.15) is 24.3 Å². The fraction of sp³-hybridized carbons (Fsp3) is 0.762. The van der Waals surface area contributed by atoms with Gasteiger partial charge < -0.3 is 0 Å². The first kappa shape index (κ1) is 45.1. The van der Waals surface area contributed by atoms with Crippen molar-refractivity contribution >= 4 is 26.5 Å². The largest absolute Gasteiger partial charge is 2.00 e. The maximum atomic E-state index is 2.37. The molecule has 0 amide bonds. The Kier molecular flexibility index (Phi) is 35.5. The van der Waals surface area contributed by atoms with Crippen LogP contribution in [-0.2, 0) is 17.1 Å². The molecular formula is C42H76FeP2. The molecular weight excluding hydrogens is 622 g/mol. The smallest absolute Gasteiger partial charge is 0.213 e. The van der Waals surface area contributed by atoms with Crippen LogP contribution in [0.3, 0.4) is 0 Å². The second-order valence-corrected chi connectivity index (χ2v) is 18.3. The molecule has 0 spiro atoms. The fourth-order valence-electron chi connectivity index (χ4n) is 6.22. The van der Waals surface area contributed by atoms with E-state index in [1.165, 1.54) is 179 Å². The van der Waals surface area contributed by atoms with E-state index in [0.29, 0.717) is 0 Å². The zero-order valence-corrected chi connectivity index (χ0v) is 33.6. The Hall–Kier alpha value is 0.0795. The van der Waals surface area contributed by atoms with Crippen LogP contribution in [0.25, 0.3) is 0 Å². The van der Waals surface area contributed by atoms with Crippen LogP contribution < -0.4 is 10.6 Å². The molecule has 0 aliphatic carbocycles. The van der Waals surface area contributed by atoms with Crippen LogP contribution >= 0.6 is 15.8 Å². The second-order valence-electron chi connectivity index (χ2n) is 13.3. The van der Waals surface area contributed by atoms with Crippen molar-refractivity contribution in [3.8, 4) is 0 Å². The van der Waals surface area contributed by atoms with Gasteiger partial charge in [0, 0.05) is 0 Å². The molecule has 0 bridgehead atoms. The van der Waals surface area contributed by atoms with E-state index < -0.39 is 0 Å². The van der Waals surface area contributed by atoms with Crippen molar-refractivity contribution in [1.29, 1.82) is 0 Å². The van der Waals surface area contributed by atoms with Crippen LogP contribution in [0.2, 0.25) is 0 Å². The summed E-state index contributed by atoms with van der Waals surface area (Å²) >= 11 is 0. The van der Waals surface area contributed by atoms with Gasteiger partial charge in [-0.3, -0.25) is 0 Å². The van der Waals surface area contributed by atoms with E-state index >= 15 is 0 Å². The molecule has 3 heteroatoms. The molecule has 0 radical (unpaired) electrons. The number of rotatable bonds is 30. The molecule has 0 aliphatic rings. The number of hydrogen-bond acceptors (Lipinski definition) is 0. The van der Waals surface area contributed by atoms with E-state index in [2.05, 4.69) is 76.2 Å². The minimum Gasteiger partial charge on any atom is -0.213 e. The third-order valence-corrected chi connectivity index (χ3v) is 14.6. The summed E-state index contributed by atoms with van der Waals surface area (Å²) in [6.45, 7) is 9.20. The normalized spacial score (nSPS) is 11.2. The van der Waals surface area contributed by atoms with Crippen molar-refractivity contribution in [1.82, 2.24) is 0 Å². The summed E-state index contributed by atoms with van der Waals surface area (Å²) in [5.41, 5.74) is 0. The van der Waals surface area contributed by atoms with Gasteiger partial charge in [0.05, 0.1) is 0 Å². The van der Waals surface area contributed by atoms with E-state index in [9.17, 15) is 0 Å². The van der Waals surface area contributed by atoms with Crippen LogP contribution in [0.4, 0.5) is 0 Å². The molecule has 0 nitrogen and oxygen atoms in total. The van der Waals surface area contributed by atoms with Gasteiger partial charge in [0.25, 0.3) is 0 Å². The average Bonchev–Trinajstić information content (AvgIpc) is 3.78. The van der Waals surface area contributed by atoms with Crippen molar-refractivity contribution < 1.29 is 17.1 Å². The average molecular weight is 699 g/mol. The summed E-state index contributed by atoms with van der Waals surface area (Å²) in [6, 6.07) is 18.4. The van der Waals surface area contributed by atoms with Crippen molar-refractivity contribution in [3.63, 3.8) is 0 Å². The van der Waals surface area contributed by atoms with Gasteiger partial charge in [0.15, 0.2) is 0 Å². The second kappa shape index (κ2) is 35.4. The van der Waals surface area contributed by atoms with Gasteiger partial charge in [-0.1, -0.05) is 156 Å². The summed E-state index contributed by atoms with van der Waals surface area (Å²) in [6.07, 6.45) is 40.3. The maximum absolute atomic E-state index is 2.37. The molecule has 2 rings (SSSR count). The summed E-state index contributed by atoms with van der Waals surface area (Å²) in [7, 11) is 0.265. The Morgan fingerprint density at radius 3 is 0.844 bits per heavy atom. The van der Waals surface area contributed by atoms with E-state index in [1.807, 2.05) is 0 Å². The van der Waals surface area contributed by atoms with Crippen molar-refractivity contribution in [2.24, 2.45) is 0 Å². The quantitative estimate of drug-likeness (QED) is 0.0330. The van der Waals surface area contributed by atoms with Gasteiger partial charge in [0.1, 0.15) is 0 Å². The summed E-state index contributed by atoms with van der Waals surface area (Å²) < 4.78 is 0. The molecule has 262 valence electrons. The Labute approximate surface area is 297 Å². The van der Waals surface area contributed by atoms with E-state index in [1.54, 1.807) is 10.6 Å². The predicted molar refractivity (Wildman–Crippen MR) is 210 cm³/mol.